The summed E-state index contributed by atoms with van der Waals surface area (Å²) in [5.74, 6) is 1.24. The van der Waals surface area contributed by atoms with Crippen LogP contribution in [0, 0.1) is 6.92 Å². The van der Waals surface area contributed by atoms with E-state index in [1.807, 2.05) is 79.7 Å². The van der Waals surface area contributed by atoms with Crippen molar-refractivity contribution in [2.75, 3.05) is 13.7 Å². The minimum absolute atomic E-state index is 0.0303. The predicted molar refractivity (Wildman–Crippen MR) is 147 cm³/mol. The predicted octanol–water partition coefficient (Wildman–Crippen LogP) is 7.36. The first-order valence-corrected chi connectivity index (χ1v) is 13.0. The highest BCUT2D eigenvalue weighted by Gasteiger charge is 2.32. The maximum Gasteiger partial charge on any atom is 0.266 e. The number of aliphatic imine (C=N–C) groups is 1. The zero-order valence-electron chi connectivity index (χ0n) is 20.0. The van der Waals surface area contributed by atoms with Gasteiger partial charge in [-0.3, -0.25) is 9.69 Å². The number of amides is 1. The quantitative estimate of drug-likeness (QED) is 0.275. The van der Waals surface area contributed by atoms with Crippen molar-refractivity contribution in [3.63, 3.8) is 0 Å². The molecule has 3 aromatic rings. The third-order valence-corrected chi connectivity index (χ3v) is 6.92. The standard InChI is InChI=1S/C28H27BrN2O3S/c1-4-15-31-27(32)26(35-28(31)30-23-12-5-19(2)6-13-23)17-21-9-14-24(25(16-21)33-3)34-18-20-7-10-22(29)11-8-20/h5-14,16-17H,4,15,18H2,1-3H3/b26-17+,30-28?. The van der Waals surface area contributed by atoms with Crippen molar-refractivity contribution in [1.29, 1.82) is 0 Å². The van der Waals surface area contributed by atoms with Crippen LogP contribution < -0.4 is 9.47 Å². The molecule has 0 aliphatic carbocycles. The van der Waals surface area contributed by atoms with Gasteiger partial charge in [-0.15, -0.1) is 0 Å². The number of amidine groups is 1. The zero-order valence-corrected chi connectivity index (χ0v) is 22.4. The van der Waals surface area contributed by atoms with Crippen LogP contribution >= 0.6 is 27.7 Å². The maximum absolute atomic E-state index is 13.2. The molecule has 3 aromatic carbocycles. The van der Waals surface area contributed by atoms with Crippen molar-refractivity contribution in [2.24, 2.45) is 4.99 Å². The SMILES string of the molecule is CCCN1C(=O)/C(=C\c2ccc(OCc3ccc(Br)cc3)c(OC)c2)SC1=Nc1ccc(C)cc1. The molecule has 0 aromatic heterocycles. The lowest BCUT2D eigenvalue weighted by atomic mass is 10.1. The second-order valence-electron chi connectivity index (χ2n) is 8.12. The molecule has 1 fully saturated rings. The number of aryl methyl sites for hydroxylation is 1. The number of carbonyl (C=O) groups is 1. The van der Waals surface area contributed by atoms with Gasteiger partial charge in [0.25, 0.3) is 5.91 Å². The molecule has 4 rings (SSSR count). The summed E-state index contributed by atoms with van der Waals surface area (Å²) in [5, 5.41) is 0.702. The van der Waals surface area contributed by atoms with Crippen molar-refractivity contribution >= 4 is 50.5 Å². The van der Waals surface area contributed by atoms with E-state index in [4.69, 9.17) is 14.5 Å². The van der Waals surface area contributed by atoms with Gasteiger partial charge in [0.15, 0.2) is 16.7 Å². The largest absolute Gasteiger partial charge is 0.493 e. The summed E-state index contributed by atoms with van der Waals surface area (Å²) in [6.45, 7) is 5.16. The van der Waals surface area contributed by atoms with Crippen molar-refractivity contribution in [2.45, 2.75) is 26.9 Å². The summed E-state index contributed by atoms with van der Waals surface area (Å²) in [6, 6.07) is 21.7. The van der Waals surface area contributed by atoms with E-state index in [2.05, 4.69) is 22.9 Å². The van der Waals surface area contributed by atoms with E-state index >= 15 is 0 Å². The molecule has 1 amide bonds. The first-order valence-electron chi connectivity index (χ1n) is 11.4. The highest BCUT2D eigenvalue weighted by molar-refractivity contribution is 9.10. The van der Waals surface area contributed by atoms with Gasteiger partial charge in [0.1, 0.15) is 6.61 Å². The van der Waals surface area contributed by atoms with Gasteiger partial charge in [-0.2, -0.15) is 0 Å². The second-order valence-corrected chi connectivity index (χ2v) is 10.0. The van der Waals surface area contributed by atoms with Gasteiger partial charge in [-0.05, 0) is 78.7 Å². The van der Waals surface area contributed by atoms with Gasteiger partial charge in [0.05, 0.1) is 17.7 Å². The number of ether oxygens (including phenoxy) is 2. The molecule has 180 valence electrons. The molecule has 0 N–H and O–H groups in total. The van der Waals surface area contributed by atoms with E-state index in [1.165, 1.54) is 17.3 Å². The Labute approximate surface area is 219 Å². The molecular formula is C28H27BrN2O3S. The normalized spacial score (nSPS) is 15.8. The molecule has 0 saturated carbocycles. The van der Waals surface area contributed by atoms with Gasteiger partial charge in [0, 0.05) is 11.0 Å². The summed E-state index contributed by atoms with van der Waals surface area (Å²) in [4.78, 5) is 20.3. The molecule has 5 nitrogen and oxygen atoms in total. The third-order valence-electron chi connectivity index (χ3n) is 5.39. The molecule has 7 heteroatoms. The molecule has 0 atom stereocenters. The number of hydrogen-bond donors (Lipinski definition) is 0. The maximum atomic E-state index is 13.2. The molecule has 0 spiro atoms. The molecule has 1 aliphatic heterocycles. The minimum atomic E-state index is -0.0303. The third kappa shape index (κ3) is 6.35. The van der Waals surface area contributed by atoms with E-state index < -0.39 is 0 Å². The molecule has 35 heavy (non-hydrogen) atoms. The van der Waals surface area contributed by atoms with E-state index in [1.54, 1.807) is 12.0 Å². The molecular weight excluding hydrogens is 524 g/mol. The number of thioether (sulfide) groups is 1. The Kier molecular flexibility index (Phi) is 8.31. The fourth-order valence-corrected chi connectivity index (χ4v) is 4.82. The van der Waals surface area contributed by atoms with E-state index in [0.29, 0.717) is 34.7 Å². The zero-order chi connectivity index (χ0) is 24.8. The van der Waals surface area contributed by atoms with Crippen molar-refractivity contribution < 1.29 is 14.3 Å². The number of rotatable bonds is 8. The summed E-state index contributed by atoms with van der Waals surface area (Å²) < 4.78 is 12.6. The van der Waals surface area contributed by atoms with Gasteiger partial charge in [-0.1, -0.05) is 58.7 Å². The molecule has 1 aliphatic rings. The lowest BCUT2D eigenvalue weighted by Crippen LogP contribution is -2.29. The van der Waals surface area contributed by atoms with Crippen LogP contribution in [0.5, 0.6) is 11.5 Å². The van der Waals surface area contributed by atoms with Gasteiger partial charge in [0.2, 0.25) is 0 Å². The fourth-order valence-electron chi connectivity index (χ4n) is 3.53. The summed E-state index contributed by atoms with van der Waals surface area (Å²) in [7, 11) is 1.61. The molecule has 1 saturated heterocycles. The average Bonchev–Trinajstić information content (AvgIpc) is 3.14. The molecule has 0 bridgehead atoms. The Hall–Kier alpha value is -3.03. The number of hydrogen-bond acceptors (Lipinski definition) is 5. The second kappa shape index (κ2) is 11.6. The van der Waals surface area contributed by atoms with Crippen LogP contribution in [0.3, 0.4) is 0 Å². The van der Waals surface area contributed by atoms with Gasteiger partial charge < -0.3 is 9.47 Å². The van der Waals surface area contributed by atoms with Gasteiger partial charge in [-0.25, -0.2) is 4.99 Å². The van der Waals surface area contributed by atoms with Crippen LogP contribution in [-0.4, -0.2) is 29.6 Å². The summed E-state index contributed by atoms with van der Waals surface area (Å²) >= 11 is 4.84. The Morgan fingerprint density at radius 3 is 2.46 bits per heavy atom. The topological polar surface area (TPSA) is 51.1 Å². The van der Waals surface area contributed by atoms with Crippen LogP contribution in [0.15, 0.2) is 81.1 Å². The fraction of sp³-hybridized carbons (Fsp3) is 0.214. The Balaban J connectivity index is 1.54. The van der Waals surface area contributed by atoms with Crippen LogP contribution in [0.25, 0.3) is 6.08 Å². The van der Waals surface area contributed by atoms with Crippen LogP contribution in [0.2, 0.25) is 0 Å². The average molecular weight is 552 g/mol. The Morgan fingerprint density at radius 1 is 1.03 bits per heavy atom. The van der Waals surface area contributed by atoms with Gasteiger partial charge >= 0.3 is 0 Å². The highest BCUT2D eigenvalue weighted by Crippen LogP contribution is 2.36. The van der Waals surface area contributed by atoms with Crippen LogP contribution in [0.1, 0.15) is 30.0 Å². The number of methoxy groups -OCH3 is 1. The Bertz CT molecular complexity index is 1250. The van der Waals surface area contributed by atoms with E-state index in [9.17, 15) is 4.79 Å². The van der Waals surface area contributed by atoms with Crippen LogP contribution in [-0.2, 0) is 11.4 Å². The van der Waals surface area contributed by atoms with Crippen LogP contribution in [0.4, 0.5) is 5.69 Å². The van der Waals surface area contributed by atoms with Crippen molar-refractivity contribution in [3.8, 4) is 11.5 Å². The first-order chi connectivity index (χ1) is 17.0. The number of halogens is 1. The first kappa shape index (κ1) is 25.1. The smallest absolute Gasteiger partial charge is 0.266 e. The minimum Gasteiger partial charge on any atom is -0.493 e. The van der Waals surface area contributed by atoms with Crippen molar-refractivity contribution in [1.82, 2.24) is 4.90 Å². The van der Waals surface area contributed by atoms with E-state index in [0.717, 1.165) is 27.7 Å². The summed E-state index contributed by atoms with van der Waals surface area (Å²) in [6.07, 6.45) is 2.74. The summed E-state index contributed by atoms with van der Waals surface area (Å²) in [5.41, 5.74) is 3.93. The number of benzene rings is 3. The highest BCUT2D eigenvalue weighted by atomic mass is 79.9. The lowest BCUT2D eigenvalue weighted by Gasteiger charge is -2.14. The lowest BCUT2D eigenvalue weighted by molar-refractivity contribution is -0.122. The number of nitrogens with zero attached hydrogens (tertiary/aromatic N) is 2. The van der Waals surface area contributed by atoms with E-state index in [-0.39, 0.29) is 5.91 Å². The number of carbonyl (C=O) groups excluding carboxylic acids is 1. The monoisotopic (exact) mass is 550 g/mol. The van der Waals surface area contributed by atoms with Crippen molar-refractivity contribution in [3.05, 3.63) is 92.8 Å². The molecule has 0 unspecified atom stereocenters. The Morgan fingerprint density at radius 2 is 1.77 bits per heavy atom. The molecule has 0 radical (unpaired) electrons. The molecule has 1 heterocycles.